The first kappa shape index (κ1) is 18.7. The number of hydrogen-bond acceptors (Lipinski definition) is 7. The molecule has 0 radical (unpaired) electrons. The molecule has 2 amide bonds. The molecule has 9 heteroatoms. The van der Waals surface area contributed by atoms with Gasteiger partial charge >= 0.3 is 0 Å². The Kier molecular flexibility index (Phi) is 4.66. The maximum atomic E-state index is 13.4. The van der Waals surface area contributed by atoms with E-state index in [-0.39, 0.29) is 30.5 Å². The number of pyridine rings is 1. The second-order valence-corrected chi connectivity index (χ2v) is 7.66. The third-order valence-corrected chi connectivity index (χ3v) is 5.22. The van der Waals surface area contributed by atoms with Gasteiger partial charge in [0.25, 0.3) is 11.8 Å². The summed E-state index contributed by atoms with van der Waals surface area (Å²) in [5.41, 5.74) is 0.544. The molecule has 2 aliphatic rings. The molecule has 3 aromatic rings. The van der Waals surface area contributed by atoms with Crippen molar-refractivity contribution in [1.29, 1.82) is 0 Å². The zero-order valence-electron chi connectivity index (χ0n) is 15.3. The fraction of sp³-hybridized carbons (Fsp3) is 0.0952. The van der Waals surface area contributed by atoms with E-state index in [1.165, 1.54) is 0 Å². The van der Waals surface area contributed by atoms with Crippen molar-refractivity contribution in [3.8, 4) is 23.0 Å². The maximum absolute atomic E-state index is 13.4. The molecule has 8 nitrogen and oxygen atoms in total. The van der Waals surface area contributed by atoms with E-state index in [1.54, 1.807) is 54.7 Å². The summed E-state index contributed by atoms with van der Waals surface area (Å²) in [4.78, 5) is 32.1. The molecule has 30 heavy (non-hydrogen) atoms. The summed E-state index contributed by atoms with van der Waals surface area (Å²) < 4.78 is 22.2. The zero-order valence-corrected chi connectivity index (χ0v) is 17.5. The molecule has 1 aromatic heterocycles. The summed E-state index contributed by atoms with van der Waals surface area (Å²) in [5.74, 6) is 1.13. The van der Waals surface area contributed by atoms with Gasteiger partial charge in [0.2, 0.25) is 13.6 Å². The molecule has 3 heterocycles. The van der Waals surface area contributed by atoms with Crippen LogP contribution in [0.25, 0.3) is 0 Å². The number of benzene rings is 2. The summed E-state index contributed by atoms with van der Waals surface area (Å²) in [6.07, 6.45) is 1.59. The topological polar surface area (TPSA) is 87.2 Å². The molecule has 0 bridgehead atoms. The number of carbonyl (C=O) groups excluding carboxylic acids is 2. The van der Waals surface area contributed by atoms with Gasteiger partial charge in [-0.2, -0.15) is 0 Å². The first-order chi connectivity index (χ1) is 14.6. The van der Waals surface area contributed by atoms with E-state index in [9.17, 15) is 9.59 Å². The highest BCUT2D eigenvalue weighted by molar-refractivity contribution is 14.1. The summed E-state index contributed by atoms with van der Waals surface area (Å²) in [5, 5.41) is 0. The predicted molar refractivity (Wildman–Crippen MR) is 113 cm³/mol. The average Bonchev–Trinajstić information content (AvgIpc) is 3.43. The van der Waals surface area contributed by atoms with Crippen molar-refractivity contribution in [2.24, 2.45) is 0 Å². The fourth-order valence-electron chi connectivity index (χ4n) is 3.12. The maximum Gasteiger partial charge on any atom is 0.266 e. The van der Waals surface area contributed by atoms with Crippen molar-refractivity contribution in [2.45, 2.75) is 0 Å². The lowest BCUT2D eigenvalue weighted by molar-refractivity contribution is 0.0896. The molecule has 5 rings (SSSR count). The van der Waals surface area contributed by atoms with E-state index in [2.05, 4.69) is 27.6 Å². The van der Waals surface area contributed by atoms with Crippen LogP contribution in [0.4, 0.5) is 5.82 Å². The Morgan fingerprint density at radius 2 is 1.30 bits per heavy atom. The van der Waals surface area contributed by atoms with Crippen LogP contribution in [-0.2, 0) is 0 Å². The van der Waals surface area contributed by atoms with E-state index in [0.717, 1.165) is 8.47 Å². The van der Waals surface area contributed by atoms with E-state index in [1.807, 2.05) is 0 Å². The highest BCUT2D eigenvalue weighted by Gasteiger charge is 2.29. The van der Waals surface area contributed by atoms with Crippen LogP contribution in [0.5, 0.6) is 23.0 Å². The standard InChI is InChI=1S/C21H13IN2O6/c22-14-3-6-19(23-9-14)24(20(25)12-1-4-15-17(7-12)29-10-27-15)21(26)13-2-5-16-18(8-13)30-11-28-16/h1-9H,10-11H2. The monoisotopic (exact) mass is 516 g/mol. The molecular weight excluding hydrogens is 503 g/mol. The SMILES string of the molecule is O=C(c1ccc2c(c1)OCO2)N(C(=O)c1ccc2c(c1)OCO2)c1ccc(I)cn1. The number of hydrogen-bond donors (Lipinski definition) is 0. The number of imide groups is 1. The van der Waals surface area contributed by atoms with E-state index in [0.29, 0.717) is 23.0 Å². The van der Waals surface area contributed by atoms with Crippen molar-refractivity contribution in [1.82, 2.24) is 4.98 Å². The Balaban J connectivity index is 1.55. The molecule has 0 unspecified atom stereocenters. The van der Waals surface area contributed by atoms with Crippen LogP contribution in [0, 0.1) is 3.57 Å². The van der Waals surface area contributed by atoms with Gasteiger partial charge in [-0.3, -0.25) is 9.59 Å². The Labute approximate surface area is 184 Å². The number of nitrogens with zero attached hydrogens (tertiary/aromatic N) is 2. The van der Waals surface area contributed by atoms with Crippen LogP contribution in [-0.4, -0.2) is 30.4 Å². The molecule has 0 spiro atoms. The van der Waals surface area contributed by atoms with Crippen molar-refractivity contribution in [2.75, 3.05) is 18.5 Å². The number of carbonyl (C=O) groups is 2. The zero-order chi connectivity index (χ0) is 20.7. The summed E-state index contributed by atoms with van der Waals surface area (Å²) in [6, 6.07) is 13.0. The van der Waals surface area contributed by atoms with Gasteiger partial charge in [0.15, 0.2) is 23.0 Å². The Morgan fingerprint density at radius 3 is 1.80 bits per heavy atom. The van der Waals surface area contributed by atoms with Gasteiger partial charge in [-0.25, -0.2) is 9.88 Å². The van der Waals surface area contributed by atoms with Gasteiger partial charge < -0.3 is 18.9 Å². The minimum Gasteiger partial charge on any atom is -0.454 e. The van der Waals surface area contributed by atoms with E-state index < -0.39 is 11.8 Å². The lowest BCUT2D eigenvalue weighted by atomic mass is 10.1. The van der Waals surface area contributed by atoms with Gasteiger partial charge in [-0.1, -0.05) is 0 Å². The van der Waals surface area contributed by atoms with E-state index >= 15 is 0 Å². The Morgan fingerprint density at radius 1 is 0.767 bits per heavy atom. The molecule has 0 saturated heterocycles. The molecule has 0 saturated carbocycles. The molecule has 150 valence electrons. The van der Waals surface area contributed by atoms with Crippen LogP contribution in [0.1, 0.15) is 20.7 Å². The minimum absolute atomic E-state index is 0.0888. The smallest absolute Gasteiger partial charge is 0.266 e. The molecule has 0 N–H and O–H groups in total. The first-order valence-electron chi connectivity index (χ1n) is 8.90. The highest BCUT2D eigenvalue weighted by atomic mass is 127. The van der Waals surface area contributed by atoms with E-state index in [4.69, 9.17) is 18.9 Å². The van der Waals surface area contributed by atoms with Crippen LogP contribution >= 0.6 is 22.6 Å². The van der Waals surface area contributed by atoms with Crippen LogP contribution < -0.4 is 23.8 Å². The second kappa shape index (κ2) is 7.48. The largest absolute Gasteiger partial charge is 0.454 e. The Bertz CT molecular complexity index is 1100. The van der Waals surface area contributed by atoms with Gasteiger partial charge in [0.1, 0.15) is 5.82 Å². The molecular formula is C21H13IN2O6. The summed E-state index contributed by atoms with van der Waals surface area (Å²) >= 11 is 2.11. The highest BCUT2D eigenvalue weighted by Crippen LogP contribution is 2.35. The number of halogens is 1. The number of rotatable bonds is 3. The van der Waals surface area contributed by atoms with Crippen LogP contribution in [0.3, 0.4) is 0 Å². The van der Waals surface area contributed by atoms with Gasteiger partial charge in [0.05, 0.1) is 0 Å². The first-order valence-corrected chi connectivity index (χ1v) is 9.98. The van der Waals surface area contributed by atoms with Crippen molar-refractivity contribution in [3.63, 3.8) is 0 Å². The number of anilines is 1. The van der Waals surface area contributed by atoms with Gasteiger partial charge in [0, 0.05) is 20.9 Å². The lowest BCUT2D eigenvalue weighted by Crippen LogP contribution is -2.37. The quantitative estimate of drug-likeness (QED) is 0.388. The van der Waals surface area contributed by atoms with Gasteiger partial charge in [-0.15, -0.1) is 0 Å². The summed E-state index contributed by atoms with van der Waals surface area (Å²) in [7, 11) is 0. The van der Waals surface area contributed by atoms with Gasteiger partial charge in [-0.05, 0) is 71.1 Å². The normalized spacial score (nSPS) is 13.2. The molecule has 2 aliphatic heterocycles. The molecule has 0 atom stereocenters. The Hall–Kier alpha value is -3.34. The number of ether oxygens (including phenoxy) is 4. The van der Waals surface area contributed by atoms with Crippen molar-refractivity contribution in [3.05, 3.63) is 69.4 Å². The number of fused-ring (bicyclic) bond motifs is 2. The van der Waals surface area contributed by atoms with Crippen LogP contribution in [0.2, 0.25) is 0 Å². The second-order valence-electron chi connectivity index (χ2n) is 6.42. The third kappa shape index (κ3) is 3.30. The lowest BCUT2D eigenvalue weighted by Gasteiger charge is -2.20. The predicted octanol–water partition coefficient (Wildman–Crippen LogP) is 3.63. The molecule has 0 fully saturated rings. The van der Waals surface area contributed by atoms with Crippen molar-refractivity contribution >= 4 is 40.2 Å². The van der Waals surface area contributed by atoms with Crippen LogP contribution in [0.15, 0.2) is 54.7 Å². The molecule has 0 aliphatic carbocycles. The molecule has 2 aromatic carbocycles. The third-order valence-electron chi connectivity index (χ3n) is 4.59. The average molecular weight is 516 g/mol. The van der Waals surface area contributed by atoms with Crippen molar-refractivity contribution < 1.29 is 28.5 Å². The fourth-order valence-corrected chi connectivity index (χ4v) is 3.44. The summed E-state index contributed by atoms with van der Waals surface area (Å²) in [6.45, 7) is 0.178. The minimum atomic E-state index is -0.537. The number of aromatic nitrogens is 1. The number of amides is 2.